The Labute approximate surface area is 72.8 Å². The maximum atomic E-state index is 5.41. The van der Waals surface area contributed by atoms with Crippen LogP contribution in [0.2, 0.25) is 0 Å². The maximum absolute atomic E-state index is 5.41. The van der Waals surface area contributed by atoms with Crippen LogP contribution in [0.25, 0.3) is 0 Å². The molecule has 1 aromatic heterocycles. The van der Waals surface area contributed by atoms with Crippen molar-refractivity contribution >= 4 is 5.95 Å². The maximum Gasteiger partial charge on any atom is 0.239 e. The molecule has 0 saturated heterocycles. The second-order valence-electron chi connectivity index (χ2n) is 3.21. The van der Waals surface area contributed by atoms with Crippen molar-refractivity contribution in [3.05, 3.63) is 6.33 Å². The minimum absolute atomic E-state index is 0.352. The van der Waals surface area contributed by atoms with Gasteiger partial charge in [-0.15, -0.1) is 5.10 Å². The highest BCUT2D eigenvalue weighted by Crippen LogP contribution is 2.18. The fourth-order valence-electron chi connectivity index (χ4n) is 1.09. The molecule has 1 rings (SSSR count). The summed E-state index contributed by atoms with van der Waals surface area (Å²) in [5.41, 5.74) is 5.41. The molecule has 0 bridgehead atoms. The van der Waals surface area contributed by atoms with Crippen LogP contribution in [0, 0.1) is 5.92 Å². The van der Waals surface area contributed by atoms with E-state index in [0.29, 0.717) is 17.9 Å². The molecule has 4 heteroatoms. The SMILES string of the molecule is CCC(C)C(C)n1cnc(N)n1. The van der Waals surface area contributed by atoms with Crippen LogP contribution in [-0.4, -0.2) is 14.8 Å². The standard InChI is InChI=1S/C8H16N4/c1-4-6(2)7(3)12-5-10-8(9)11-12/h5-7H,4H2,1-3H3,(H2,9,11). The van der Waals surface area contributed by atoms with Crippen molar-refractivity contribution in [3.63, 3.8) is 0 Å². The normalized spacial score (nSPS) is 15.9. The number of nitrogen functional groups attached to an aromatic ring is 1. The summed E-state index contributed by atoms with van der Waals surface area (Å²) in [5, 5.41) is 4.06. The summed E-state index contributed by atoms with van der Waals surface area (Å²) in [6.07, 6.45) is 2.83. The van der Waals surface area contributed by atoms with Gasteiger partial charge in [0.25, 0.3) is 0 Å². The van der Waals surface area contributed by atoms with Gasteiger partial charge >= 0.3 is 0 Å². The Morgan fingerprint density at radius 3 is 2.67 bits per heavy atom. The molecule has 68 valence electrons. The predicted molar refractivity (Wildman–Crippen MR) is 48.6 cm³/mol. The number of anilines is 1. The molecule has 0 aliphatic heterocycles. The molecule has 0 amide bonds. The van der Waals surface area contributed by atoms with E-state index in [9.17, 15) is 0 Å². The lowest BCUT2D eigenvalue weighted by molar-refractivity contribution is 0.343. The average molecular weight is 168 g/mol. The van der Waals surface area contributed by atoms with E-state index in [0.717, 1.165) is 6.42 Å². The zero-order valence-electron chi connectivity index (χ0n) is 7.86. The third-order valence-electron chi connectivity index (χ3n) is 2.41. The summed E-state index contributed by atoms with van der Waals surface area (Å²) >= 11 is 0. The van der Waals surface area contributed by atoms with Gasteiger partial charge in [0.15, 0.2) is 0 Å². The fourth-order valence-corrected chi connectivity index (χ4v) is 1.09. The van der Waals surface area contributed by atoms with Gasteiger partial charge in [0, 0.05) is 0 Å². The summed E-state index contributed by atoms with van der Waals surface area (Å²) < 4.78 is 1.82. The molecular weight excluding hydrogens is 152 g/mol. The van der Waals surface area contributed by atoms with Crippen LogP contribution < -0.4 is 5.73 Å². The molecule has 1 heterocycles. The molecule has 2 atom stereocenters. The van der Waals surface area contributed by atoms with Crippen molar-refractivity contribution in [2.45, 2.75) is 33.2 Å². The summed E-state index contributed by atoms with van der Waals surface area (Å²) in [4.78, 5) is 3.88. The lowest BCUT2D eigenvalue weighted by Crippen LogP contribution is -2.14. The van der Waals surface area contributed by atoms with Crippen LogP contribution in [0.4, 0.5) is 5.95 Å². The third kappa shape index (κ3) is 1.75. The molecule has 12 heavy (non-hydrogen) atoms. The number of aromatic nitrogens is 3. The molecule has 0 spiro atoms. The smallest absolute Gasteiger partial charge is 0.239 e. The van der Waals surface area contributed by atoms with Crippen molar-refractivity contribution in [3.8, 4) is 0 Å². The van der Waals surface area contributed by atoms with Gasteiger partial charge in [0.1, 0.15) is 6.33 Å². The van der Waals surface area contributed by atoms with Gasteiger partial charge in [0.05, 0.1) is 6.04 Å². The van der Waals surface area contributed by atoms with Crippen molar-refractivity contribution in [2.24, 2.45) is 5.92 Å². The summed E-state index contributed by atoms with van der Waals surface area (Å²) in [6, 6.07) is 0.375. The minimum atomic E-state index is 0.352. The quantitative estimate of drug-likeness (QED) is 0.743. The second-order valence-corrected chi connectivity index (χ2v) is 3.21. The number of rotatable bonds is 3. The van der Waals surface area contributed by atoms with Crippen molar-refractivity contribution in [1.29, 1.82) is 0 Å². The highest BCUT2D eigenvalue weighted by molar-refractivity contribution is 5.09. The Balaban J connectivity index is 2.70. The zero-order chi connectivity index (χ0) is 9.14. The Morgan fingerprint density at radius 2 is 2.25 bits per heavy atom. The van der Waals surface area contributed by atoms with Crippen LogP contribution in [0.15, 0.2) is 6.33 Å². The molecule has 0 radical (unpaired) electrons. The van der Waals surface area contributed by atoms with Gasteiger partial charge in [-0.25, -0.2) is 9.67 Å². The summed E-state index contributed by atoms with van der Waals surface area (Å²) in [5.74, 6) is 0.955. The predicted octanol–water partition coefficient (Wildman–Crippen LogP) is 1.47. The summed E-state index contributed by atoms with van der Waals surface area (Å²) in [7, 11) is 0. The van der Waals surface area contributed by atoms with Gasteiger partial charge < -0.3 is 5.73 Å². The first-order valence-electron chi connectivity index (χ1n) is 4.31. The van der Waals surface area contributed by atoms with E-state index in [1.807, 2.05) is 4.68 Å². The van der Waals surface area contributed by atoms with Gasteiger partial charge in [-0.1, -0.05) is 20.3 Å². The van der Waals surface area contributed by atoms with E-state index in [2.05, 4.69) is 30.9 Å². The Bertz CT molecular complexity index is 243. The van der Waals surface area contributed by atoms with Crippen molar-refractivity contribution in [2.75, 3.05) is 5.73 Å². The van der Waals surface area contributed by atoms with E-state index in [1.165, 1.54) is 0 Å². The van der Waals surface area contributed by atoms with E-state index in [-0.39, 0.29) is 0 Å². The molecule has 0 aliphatic rings. The largest absolute Gasteiger partial charge is 0.367 e. The lowest BCUT2D eigenvalue weighted by atomic mass is 10.0. The Kier molecular flexibility index (Phi) is 2.68. The summed E-state index contributed by atoms with van der Waals surface area (Å²) in [6.45, 7) is 6.49. The van der Waals surface area contributed by atoms with Crippen LogP contribution >= 0.6 is 0 Å². The monoisotopic (exact) mass is 168 g/mol. The minimum Gasteiger partial charge on any atom is -0.367 e. The second kappa shape index (κ2) is 3.56. The highest BCUT2D eigenvalue weighted by Gasteiger charge is 2.12. The van der Waals surface area contributed by atoms with E-state index in [1.54, 1.807) is 6.33 Å². The first-order valence-corrected chi connectivity index (χ1v) is 4.31. The average Bonchev–Trinajstić information content (AvgIpc) is 2.49. The fraction of sp³-hybridized carbons (Fsp3) is 0.750. The lowest BCUT2D eigenvalue weighted by Gasteiger charge is -2.17. The van der Waals surface area contributed by atoms with Crippen LogP contribution in [0.1, 0.15) is 33.2 Å². The Morgan fingerprint density at radius 1 is 1.58 bits per heavy atom. The van der Waals surface area contributed by atoms with E-state index >= 15 is 0 Å². The molecule has 0 fully saturated rings. The van der Waals surface area contributed by atoms with Gasteiger partial charge in [-0.3, -0.25) is 0 Å². The Hall–Kier alpha value is -1.06. The third-order valence-corrected chi connectivity index (χ3v) is 2.41. The first-order chi connectivity index (χ1) is 5.65. The van der Waals surface area contributed by atoms with Crippen LogP contribution in [-0.2, 0) is 0 Å². The van der Waals surface area contributed by atoms with Gasteiger partial charge in [-0.05, 0) is 12.8 Å². The molecular formula is C8H16N4. The number of nitrogens with two attached hydrogens (primary N) is 1. The molecule has 2 unspecified atom stereocenters. The van der Waals surface area contributed by atoms with Crippen molar-refractivity contribution < 1.29 is 0 Å². The number of hydrogen-bond acceptors (Lipinski definition) is 3. The molecule has 4 nitrogen and oxygen atoms in total. The molecule has 0 aromatic carbocycles. The highest BCUT2D eigenvalue weighted by atomic mass is 15.4. The topological polar surface area (TPSA) is 56.7 Å². The van der Waals surface area contributed by atoms with Gasteiger partial charge in [-0.2, -0.15) is 0 Å². The number of hydrogen-bond donors (Lipinski definition) is 1. The van der Waals surface area contributed by atoms with E-state index in [4.69, 9.17) is 5.73 Å². The molecule has 0 aliphatic carbocycles. The molecule has 1 aromatic rings. The van der Waals surface area contributed by atoms with Gasteiger partial charge in [0.2, 0.25) is 5.95 Å². The van der Waals surface area contributed by atoms with E-state index < -0.39 is 0 Å². The molecule has 0 saturated carbocycles. The van der Waals surface area contributed by atoms with Crippen molar-refractivity contribution in [1.82, 2.24) is 14.8 Å². The number of nitrogens with zero attached hydrogens (tertiary/aromatic N) is 3. The first kappa shape index (κ1) is 9.03. The van der Waals surface area contributed by atoms with Crippen LogP contribution in [0.5, 0.6) is 0 Å². The zero-order valence-corrected chi connectivity index (χ0v) is 7.86. The van der Waals surface area contributed by atoms with Crippen LogP contribution in [0.3, 0.4) is 0 Å². The molecule has 2 N–H and O–H groups in total.